The number of hydrogen-bond donors (Lipinski definition) is 1. The molecule has 1 N–H and O–H groups in total. The highest BCUT2D eigenvalue weighted by Gasteiger charge is 2.43. The Balaban J connectivity index is 1.90. The molecule has 0 saturated carbocycles. The van der Waals surface area contributed by atoms with Gasteiger partial charge >= 0.3 is 0 Å². The van der Waals surface area contributed by atoms with Crippen LogP contribution in [-0.2, 0) is 4.74 Å². The van der Waals surface area contributed by atoms with Crippen LogP contribution in [0, 0.1) is 0 Å². The Morgan fingerprint density at radius 1 is 1.60 bits per heavy atom. The smallest absolute Gasteiger partial charge is 0.0834 e. The van der Waals surface area contributed by atoms with Gasteiger partial charge in [0.15, 0.2) is 0 Å². The Kier molecular flexibility index (Phi) is 1.46. The molecule has 0 radical (unpaired) electrons. The van der Waals surface area contributed by atoms with Crippen LogP contribution in [0.15, 0.2) is 0 Å². The minimum Gasteiger partial charge on any atom is -0.371 e. The molecule has 58 valence electrons. The lowest BCUT2D eigenvalue weighted by Crippen LogP contribution is -2.57. The van der Waals surface area contributed by atoms with Crippen LogP contribution in [0.2, 0.25) is 0 Å². The molecule has 0 aliphatic carbocycles. The second-order valence-corrected chi connectivity index (χ2v) is 3.60. The summed E-state index contributed by atoms with van der Waals surface area (Å²) in [7, 11) is 0. The molecule has 2 aliphatic heterocycles. The Labute approximate surface area is 61.9 Å². The molecule has 0 aromatic rings. The third-order valence-corrected chi connectivity index (χ3v) is 2.54. The van der Waals surface area contributed by atoms with Crippen molar-refractivity contribution in [2.45, 2.75) is 37.9 Å². The molecule has 0 bridgehead atoms. The molecule has 2 saturated heterocycles. The van der Waals surface area contributed by atoms with E-state index in [1.165, 1.54) is 25.8 Å². The maximum absolute atomic E-state index is 5.70. The minimum atomic E-state index is 0.262. The second kappa shape index (κ2) is 2.21. The van der Waals surface area contributed by atoms with Crippen LogP contribution in [0.4, 0.5) is 0 Å². The fourth-order valence-corrected chi connectivity index (χ4v) is 2.16. The molecule has 2 unspecified atom stereocenters. The van der Waals surface area contributed by atoms with E-state index in [2.05, 4.69) is 12.2 Å². The first-order valence-electron chi connectivity index (χ1n) is 4.19. The molecule has 2 fully saturated rings. The number of rotatable bonds is 0. The molecular formula is C8H15NO. The first kappa shape index (κ1) is 6.62. The normalized spacial score (nSPS) is 47.1. The largest absolute Gasteiger partial charge is 0.371 e. The fourth-order valence-electron chi connectivity index (χ4n) is 2.16. The van der Waals surface area contributed by atoms with E-state index in [0.29, 0.717) is 6.10 Å². The van der Waals surface area contributed by atoms with Gasteiger partial charge in [-0.3, -0.25) is 0 Å². The van der Waals surface area contributed by atoms with Gasteiger partial charge in [-0.1, -0.05) is 0 Å². The Hall–Kier alpha value is -0.0800. The standard InChI is InChI=1S/C8H15NO/c1-7-5-8(10-7)3-2-4-9-6-8/h7,9H,2-6H2,1H3. The first-order valence-corrected chi connectivity index (χ1v) is 4.19. The van der Waals surface area contributed by atoms with E-state index in [1.807, 2.05) is 0 Å². The highest BCUT2D eigenvalue weighted by molar-refractivity contribution is 4.95. The van der Waals surface area contributed by atoms with E-state index >= 15 is 0 Å². The molecule has 2 atom stereocenters. The summed E-state index contributed by atoms with van der Waals surface area (Å²) in [5, 5.41) is 3.37. The van der Waals surface area contributed by atoms with Gasteiger partial charge in [-0.2, -0.15) is 0 Å². The highest BCUT2D eigenvalue weighted by atomic mass is 16.5. The topological polar surface area (TPSA) is 21.3 Å². The van der Waals surface area contributed by atoms with E-state index in [4.69, 9.17) is 4.74 Å². The Morgan fingerprint density at radius 2 is 2.40 bits per heavy atom. The molecule has 2 heteroatoms. The van der Waals surface area contributed by atoms with Crippen molar-refractivity contribution in [3.8, 4) is 0 Å². The lowest BCUT2D eigenvalue weighted by Gasteiger charge is -2.49. The summed E-state index contributed by atoms with van der Waals surface area (Å²) in [5.74, 6) is 0. The molecule has 2 heterocycles. The molecule has 0 amide bonds. The van der Waals surface area contributed by atoms with Crippen molar-refractivity contribution in [3.63, 3.8) is 0 Å². The van der Waals surface area contributed by atoms with Crippen LogP contribution < -0.4 is 5.32 Å². The maximum atomic E-state index is 5.70. The van der Waals surface area contributed by atoms with Gasteiger partial charge in [0.2, 0.25) is 0 Å². The van der Waals surface area contributed by atoms with Gasteiger partial charge in [0.1, 0.15) is 0 Å². The predicted octanol–water partition coefficient (Wildman–Crippen LogP) is 0.917. The Bertz CT molecular complexity index is 114. The number of piperidine rings is 1. The van der Waals surface area contributed by atoms with Crippen LogP contribution in [0.25, 0.3) is 0 Å². The van der Waals surface area contributed by atoms with E-state index in [9.17, 15) is 0 Å². The molecule has 10 heavy (non-hydrogen) atoms. The summed E-state index contributed by atoms with van der Waals surface area (Å²) in [6, 6.07) is 0. The average Bonchev–Trinajstić information content (AvgIpc) is 1.87. The van der Waals surface area contributed by atoms with Crippen LogP contribution in [0.3, 0.4) is 0 Å². The van der Waals surface area contributed by atoms with Crippen LogP contribution in [0.5, 0.6) is 0 Å². The van der Waals surface area contributed by atoms with Gasteiger partial charge in [0.25, 0.3) is 0 Å². The number of hydrogen-bond acceptors (Lipinski definition) is 2. The first-order chi connectivity index (χ1) is 4.81. The summed E-state index contributed by atoms with van der Waals surface area (Å²) in [5.41, 5.74) is 0.262. The molecule has 2 nitrogen and oxygen atoms in total. The third kappa shape index (κ3) is 0.956. The van der Waals surface area contributed by atoms with Gasteiger partial charge in [-0.25, -0.2) is 0 Å². The lowest BCUT2D eigenvalue weighted by molar-refractivity contribution is -0.204. The molecule has 2 rings (SSSR count). The summed E-state index contributed by atoms with van der Waals surface area (Å²) in [4.78, 5) is 0. The summed E-state index contributed by atoms with van der Waals surface area (Å²) < 4.78 is 5.70. The number of ether oxygens (including phenoxy) is 1. The fraction of sp³-hybridized carbons (Fsp3) is 1.00. The van der Waals surface area contributed by atoms with Crippen LogP contribution in [0.1, 0.15) is 26.2 Å². The SMILES string of the molecule is CC1CC2(CCCNC2)O1. The summed E-state index contributed by atoms with van der Waals surface area (Å²) in [6.07, 6.45) is 4.33. The van der Waals surface area contributed by atoms with Crippen molar-refractivity contribution < 1.29 is 4.74 Å². The van der Waals surface area contributed by atoms with Crippen molar-refractivity contribution in [1.29, 1.82) is 0 Å². The van der Waals surface area contributed by atoms with Crippen molar-refractivity contribution >= 4 is 0 Å². The third-order valence-electron chi connectivity index (χ3n) is 2.54. The molecule has 2 aliphatic rings. The van der Waals surface area contributed by atoms with Gasteiger partial charge in [-0.15, -0.1) is 0 Å². The van der Waals surface area contributed by atoms with Crippen molar-refractivity contribution in [1.82, 2.24) is 5.32 Å². The second-order valence-electron chi connectivity index (χ2n) is 3.60. The van der Waals surface area contributed by atoms with E-state index < -0.39 is 0 Å². The molecule has 0 aromatic heterocycles. The zero-order chi connectivity index (χ0) is 7.03. The summed E-state index contributed by atoms with van der Waals surface area (Å²) in [6.45, 7) is 4.41. The number of nitrogens with one attached hydrogen (secondary N) is 1. The summed E-state index contributed by atoms with van der Waals surface area (Å²) >= 11 is 0. The zero-order valence-electron chi connectivity index (χ0n) is 6.52. The predicted molar refractivity (Wildman–Crippen MR) is 40.0 cm³/mol. The van der Waals surface area contributed by atoms with E-state index in [0.717, 1.165) is 6.54 Å². The Morgan fingerprint density at radius 3 is 2.90 bits per heavy atom. The molecular weight excluding hydrogens is 126 g/mol. The van der Waals surface area contributed by atoms with Gasteiger partial charge in [0.05, 0.1) is 11.7 Å². The van der Waals surface area contributed by atoms with Gasteiger partial charge in [-0.05, 0) is 26.3 Å². The van der Waals surface area contributed by atoms with Crippen molar-refractivity contribution in [3.05, 3.63) is 0 Å². The van der Waals surface area contributed by atoms with E-state index in [-0.39, 0.29) is 5.60 Å². The zero-order valence-corrected chi connectivity index (χ0v) is 6.52. The van der Waals surface area contributed by atoms with Crippen LogP contribution in [-0.4, -0.2) is 24.8 Å². The monoisotopic (exact) mass is 141 g/mol. The minimum absolute atomic E-state index is 0.262. The van der Waals surface area contributed by atoms with Crippen molar-refractivity contribution in [2.75, 3.05) is 13.1 Å². The van der Waals surface area contributed by atoms with E-state index in [1.54, 1.807) is 0 Å². The van der Waals surface area contributed by atoms with Crippen molar-refractivity contribution in [2.24, 2.45) is 0 Å². The quantitative estimate of drug-likeness (QED) is 0.541. The van der Waals surface area contributed by atoms with Crippen LogP contribution >= 0.6 is 0 Å². The average molecular weight is 141 g/mol. The van der Waals surface area contributed by atoms with Gasteiger partial charge in [0, 0.05) is 13.0 Å². The maximum Gasteiger partial charge on any atom is 0.0834 e. The lowest BCUT2D eigenvalue weighted by atomic mass is 9.83. The highest BCUT2D eigenvalue weighted by Crippen LogP contribution is 2.37. The molecule has 1 spiro atoms. The molecule has 0 aromatic carbocycles. The van der Waals surface area contributed by atoms with Gasteiger partial charge < -0.3 is 10.1 Å².